The van der Waals surface area contributed by atoms with E-state index in [4.69, 9.17) is 16.3 Å². The number of esters is 1. The van der Waals surface area contributed by atoms with Crippen LogP contribution in [0.4, 0.5) is 0 Å². The number of unbranched alkanes of at least 4 members (excludes halogenated alkanes) is 5. The van der Waals surface area contributed by atoms with Gasteiger partial charge in [-0.3, -0.25) is 4.79 Å². The molecule has 0 radical (unpaired) electrons. The molecule has 200 valence electrons. The van der Waals surface area contributed by atoms with Gasteiger partial charge in [-0.1, -0.05) is 84.8 Å². The van der Waals surface area contributed by atoms with E-state index in [9.17, 15) is 4.79 Å². The Morgan fingerprint density at radius 2 is 1.77 bits per heavy atom. The lowest BCUT2D eigenvalue weighted by molar-refractivity contribution is -0.151. The van der Waals surface area contributed by atoms with E-state index >= 15 is 0 Å². The Hall–Kier alpha value is -0.500. The standard InChI is InChI=1S/C32H53ClO2/c1-6-7-8-9-10-11-12-23-14-16-27-26-15-13-24-21-25(35-30(34)29(33)22(2)3)17-19-32(24,5)28(26)18-20-31(23,27)4/h13,22-23,25-29H,6-12,14-21H2,1-5H3/t23-,25-,26-,27-,28-,29+,31+,32-/m0/s1. The Morgan fingerprint density at radius 1 is 1.03 bits per heavy atom. The Morgan fingerprint density at radius 3 is 2.51 bits per heavy atom. The molecule has 3 saturated carbocycles. The Bertz CT molecular complexity index is 759. The molecular weight excluding hydrogens is 452 g/mol. The Balaban J connectivity index is 1.36. The molecule has 0 unspecified atom stereocenters. The second kappa shape index (κ2) is 11.5. The summed E-state index contributed by atoms with van der Waals surface area (Å²) in [5.41, 5.74) is 2.47. The van der Waals surface area contributed by atoms with E-state index in [0.29, 0.717) is 10.8 Å². The summed E-state index contributed by atoms with van der Waals surface area (Å²) in [6.45, 7) is 11.5. The summed E-state index contributed by atoms with van der Waals surface area (Å²) in [5, 5.41) is -0.532. The highest BCUT2D eigenvalue weighted by molar-refractivity contribution is 6.30. The van der Waals surface area contributed by atoms with E-state index in [0.717, 1.165) is 42.9 Å². The van der Waals surface area contributed by atoms with Crippen molar-refractivity contribution in [3.8, 4) is 0 Å². The van der Waals surface area contributed by atoms with Crippen LogP contribution in [0.25, 0.3) is 0 Å². The van der Waals surface area contributed by atoms with Gasteiger partial charge in [0, 0.05) is 6.42 Å². The molecule has 0 saturated heterocycles. The summed E-state index contributed by atoms with van der Waals surface area (Å²) >= 11 is 6.29. The van der Waals surface area contributed by atoms with Crippen LogP contribution < -0.4 is 0 Å². The zero-order valence-electron chi connectivity index (χ0n) is 23.4. The van der Waals surface area contributed by atoms with Gasteiger partial charge >= 0.3 is 5.97 Å². The normalized spacial score (nSPS) is 39.4. The number of carbonyl (C=O) groups is 1. The van der Waals surface area contributed by atoms with Crippen LogP contribution in [-0.4, -0.2) is 17.5 Å². The van der Waals surface area contributed by atoms with Crippen molar-refractivity contribution in [1.82, 2.24) is 0 Å². The molecule has 4 aliphatic rings. The van der Waals surface area contributed by atoms with Gasteiger partial charge in [-0.05, 0) is 91.8 Å². The minimum atomic E-state index is -0.532. The number of hydrogen-bond donors (Lipinski definition) is 0. The van der Waals surface area contributed by atoms with E-state index < -0.39 is 5.38 Å². The van der Waals surface area contributed by atoms with Gasteiger partial charge < -0.3 is 4.74 Å². The first-order valence-electron chi connectivity index (χ1n) is 15.2. The zero-order chi connectivity index (χ0) is 25.2. The Kier molecular flexibility index (Phi) is 9.04. The van der Waals surface area contributed by atoms with E-state index in [2.05, 4.69) is 26.8 Å². The molecule has 2 nitrogen and oxygen atoms in total. The monoisotopic (exact) mass is 504 g/mol. The van der Waals surface area contributed by atoms with Gasteiger partial charge in [0.05, 0.1) is 0 Å². The van der Waals surface area contributed by atoms with Gasteiger partial charge in [-0.15, -0.1) is 11.6 Å². The van der Waals surface area contributed by atoms with Crippen molar-refractivity contribution in [3.05, 3.63) is 11.6 Å². The predicted molar refractivity (Wildman–Crippen MR) is 148 cm³/mol. The second-order valence-electron chi connectivity index (χ2n) is 13.6. The molecule has 0 aromatic heterocycles. The molecule has 3 fully saturated rings. The molecule has 0 spiro atoms. The summed E-state index contributed by atoms with van der Waals surface area (Å²) < 4.78 is 5.90. The molecule has 0 aromatic carbocycles. The van der Waals surface area contributed by atoms with E-state index in [1.165, 1.54) is 77.0 Å². The summed E-state index contributed by atoms with van der Waals surface area (Å²) in [4.78, 5) is 12.5. The van der Waals surface area contributed by atoms with Crippen LogP contribution in [0.2, 0.25) is 0 Å². The molecule has 8 atom stereocenters. The summed E-state index contributed by atoms with van der Waals surface area (Å²) in [6.07, 6.45) is 22.7. The number of carbonyl (C=O) groups excluding carboxylic acids is 1. The number of hydrogen-bond acceptors (Lipinski definition) is 2. The third kappa shape index (κ3) is 5.53. The fourth-order valence-corrected chi connectivity index (χ4v) is 9.04. The lowest BCUT2D eigenvalue weighted by Gasteiger charge is -2.58. The van der Waals surface area contributed by atoms with Gasteiger partial charge in [-0.25, -0.2) is 0 Å². The SMILES string of the molecule is CCCCCCCC[C@H]1CC[C@H]2[C@@H]3CC=C4C[C@@H](OC(=O)[C@H](Cl)C(C)C)CC[C@]4(C)[C@H]3CC[C@]12C. The lowest BCUT2D eigenvalue weighted by atomic mass is 9.47. The second-order valence-corrected chi connectivity index (χ2v) is 14.1. The first-order chi connectivity index (χ1) is 16.7. The maximum absolute atomic E-state index is 12.5. The van der Waals surface area contributed by atoms with Gasteiger partial charge in [0.2, 0.25) is 0 Å². The molecule has 0 bridgehead atoms. The number of ether oxygens (including phenoxy) is 1. The van der Waals surface area contributed by atoms with Crippen LogP contribution in [0.3, 0.4) is 0 Å². The molecule has 3 heteroatoms. The van der Waals surface area contributed by atoms with Gasteiger partial charge in [0.1, 0.15) is 11.5 Å². The largest absolute Gasteiger partial charge is 0.461 e. The van der Waals surface area contributed by atoms with Crippen molar-refractivity contribution in [3.63, 3.8) is 0 Å². The predicted octanol–water partition coefficient (Wildman–Crippen LogP) is 9.49. The molecule has 4 aliphatic carbocycles. The van der Waals surface area contributed by atoms with E-state index in [-0.39, 0.29) is 18.0 Å². The first-order valence-corrected chi connectivity index (χ1v) is 15.7. The van der Waals surface area contributed by atoms with Crippen LogP contribution in [0, 0.1) is 40.4 Å². The van der Waals surface area contributed by atoms with E-state index in [1.807, 2.05) is 13.8 Å². The highest BCUT2D eigenvalue weighted by Gasteiger charge is 2.58. The molecule has 0 N–H and O–H groups in total. The van der Waals surface area contributed by atoms with Crippen molar-refractivity contribution >= 4 is 17.6 Å². The molecule has 0 aromatic rings. The topological polar surface area (TPSA) is 26.3 Å². The average Bonchev–Trinajstić information content (AvgIpc) is 3.17. The highest BCUT2D eigenvalue weighted by atomic mass is 35.5. The number of rotatable bonds is 10. The average molecular weight is 505 g/mol. The van der Waals surface area contributed by atoms with Crippen molar-refractivity contribution in [2.45, 2.75) is 142 Å². The minimum Gasteiger partial charge on any atom is -0.461 e. The van der Waals surface area contributed by atoms with Gasteiger partial charge in [0.15, 0.2) is 0 Å². The molecule has 0 amide bonds. The number of alkyl halides is 1. The number of halogens is 1. The molecular formula is C32H53ClO2. The quantitative estimate of drug-likeness (QED) is 0.128. The highest BCUT2D eigenvalue weighted by Crippen LogP contribution is 2.66. The van der Waals surface area contributed by atoms with Crippen LogP contribution in [0.15, 0.2) is 11.6 Å². The molecule has 0 heterocycles. The maximum Gasteiger partial charge on any atom is 0.324 e. The third-order valence-corrected chi connectivity index (χ3v) is 11.9. The van der Waals surface area contributed by atoms with Crippen molar-refractivity contribution in [1.29, 1.82) is 0 Å². The fraction of sp³-hybridized carbons (Fsp3) is 0.906. The van der Waals surface area contributed by atoms with Crippen LogP contribution in [0.1, 0.15) is 131 Å². The van der Waals surface area contributed by atoms with Crippen LogP contribution in [-0.2, 0) is 9.53 Å². The third-order valence-electron chi connectivity index (χ3n) is 11.3. The first kappa shape index (κ1) is 27.5. The minimum absolute atomic E-state index is 0.0143. The lowest BCUT2D eigenvalue weighted by Crippen LogP contribution is -2.50. The smallest absolute Gasteiger partial charge is 0.324 e. The fourth-order valence-electron chi connectivity index (χ4n) is 8.98. The van der Waals surface area contributed by atoms with Gasteiger partial charge in [0.25, 0.3) is 0 Å². The van der Waals surface area contributed by atoms with Crippen LogP contribution in [0.5, 0.6) is 0 Å². The van der Waals surface area contributed by atoms with Crippen LogP contribution >= 0.6 is 11.6 Å². The summed E-state index contributed by atoms with van der Waals surface area (Å²) in [7, 11) is 0. The Labute approximate surface area is 221 Å². The summed E-state index contributed by atoms with van der Waals surface area (Å²) in [6, 6.07) is 0. The summed E-state index contributed by atoms with van der Waals surface area (Å²) in [5.74, 6) is 3.45. The van der Waals surface area contributed by atoms with Crippen molar-refractivity contribution in [2.75, 3.05) is 0 Å². The maximum atomic E-state index is 12.5. The van der Waals surface area contributed by atoms with E-state index in [1.54, 1.807) is 5.57 Å². The molecule has 0 aliphatic heterocycles. The number of allylic oxidation sites excluding steroid dienone is 1. The van der Waals surface area contributed by atoms with Crippen molar-refractivity contribution < 1.29 is 9.53 Å². The number of fused-ring (bicyclic) bond motifs is 5. The van der Waals surface area contributed by atoms with Crippen molar-refractivity contribution in [2.24, 2.45) is 40.4 Å². The molecule has 35 heavy (non-hydrogen) atoms. The zero-order valence-corrected chi connectivity index (χ0v) is 24.2. The van der Waals surface area contributed by atoms with Gasteiger partial charge in [-0.2, -0.15) is 0 Å². The molecule has 4 rings (SSSR count).